The first-order valence-electron chi connectivity index (χ1n) is 4.04. The lowest BCUT2D eigenvalue weighted by atomic mass is 10.2. The first-order chi connectivity index (χ1) is 6.29. The third kappa shape index (κ3) is 4.48. The molecule has 2 heteroatoms. The number of halogens is 1. The summed E-state index contributed by atoms with van der Waals surface area (Å²) in [6.07, 6.45) is 1.77. The van der Waals surface area contributed by atoms with Gasteiger partial charge in [-0.05, 0) is 18.3 Å². The van der Waals surface area contributed by atoms with Gasteiger partial charge in [0.2, 0.25) is 0 Å². The van der Waals surface area contributed by atoms with Gasteiger partial charge in [0.05, 0.1) is 5.69 Å². The molecule has 1 aromatic carbocycles. The van der Waals surface area contributed by atoms with Crippen molar-refractivity contribution in [3.63, 3.8) is 0 Å². The van der Waals surface area contributed by atoms with Crippen molar-refractivity contribution in [1.29, 1.82) is 0 Å². The Bertz CT molecular complexity index is 242. The Kier molecular flexibility index (Phi) is 6.93. The first-order valence-corrected chi connectivity index (χ1v) is 4.57. The Morgan fingerprint density at radius 3 is 2.38 bits per heavy atom. The average molecular weight is 196 g/mol. The Balaban J connectivity index is 0.000000424. The van der Waals surface area contributed by atoms with E-state index < -0.39 is 0 Å². The van der Waals surface area contributed by atoms with Gasteiger partial charge in [0.15, 0.2) is 0 Å². The molecule has 0 atom stereocenters. The maximum atomic E-state index is 5.00. The molecule has 0 aliphatic rings. The highest BCUT2D eigenvalue weighted by molar-refractivity contribution is 6.17. The van der Waals surface area contributed by atoms with E-state index in [2.05, 4.69) is 18.3 Å². The van der Waals surface area contributed by atoms with E-state index in [1.54, 1.807) is 6.08 Å². The van der Waals surface area contributed by atoms with Crippen LogP contribution in [0.5, 0.6) is 0 Å². The summed E-state index contributed by atoms with van der Waals surface area (Å²) in [5.74, 6) is 0.722. The van der Waals surface area contributed by atoms with Gasteiger partial charge in [-0.15, -0.1) is 11.6 Å². The van der Waals surface area contributed by atoms with E-state index in [-0.39, 0.29) is 0 Å². The van der Waals surface area contributed by atoms with E-state index in [9.17, 15) is 0 Å². The second kappa shape index (κ2) is 7.56. The number of hydrogen-bond acceptors (Lipinski definition) is 1. The fraction of sp³-hybridized carbons (Fsp3) is 0.182. The molecule has 70 valence electrons. The van der Waals surface area contributed by atoms with Gasteiger partial charge in [-0.2, -0.15) is 0 Å². The number of alkyl halides is 1. The highest BCUT2D eigenvalue weighted by atomic mass is 35.5. The molecule has 0 N–H and O–H groups in total. The third-order valence-electron chi connectivity index (χ3n) is 1.33. The normalized spacial score (nSPS) is 8.15. The predicted octanol–water partition coefficient (Wildman–Crippen LogP) is 3.91. The summed E-state index contributed by atoms with van der Waals surface area (Å²) in [5, 5.41) is 0. The largest absolute Gasteiger partial charge is 0.264 e. The molecule has 1 nitrogen and oxygen atoms in total. The van der Waals surface area contributed by atoms with Gasteiger partial charge in [-0.1, -0.05) is 37.8 Å². The van der Waals surface area contributed by atoms with Crippen molar-refractivity contribution in [3.05, 3.63) is 36.4 Å². The number of aliphatic imine (C=N–C) groups is 1. The van der Waals surface area contributed by atoms with Crippen LogP contribution in [0.4, 0.5) is 5.69 Å². The lowest BCUT2D eigenvalue weighted by Gasteiger charge is -1.95. The molecular formula is C11H14ClN. The van der Waals surface area contributed by atoms with Crippen LogP contribution in [0.15, 0.2) is 35.8 Å². The minimum absolute atomic E-state index is 0.722. The summed E-state index contributed by atoms with van der Waals surface area (Å²) < 4.78 is 0. The molecule has 0 aliphatic carbocycles. The SMILES string of the molecule is C=Cc1ccccc1N=C.CCCl. The highest BCUT2D eigenvalue weighted by Gasteiger charge is 1.90. The minimum atomic E-state index is 0.722. The molecule has 0 heterocycles. The van der Waals surface area contributed by atoms with E-state index in [0.29, 0.717) is 0 Å². The van der Waals surface area contributed by atoms with Gasteiger partial charge >= 0.3 is 0 Å². The molecule has 1 aromatic rings. The van der Waals surface area contributed by atoms with Gasteiger partial charge in [0.25, 0.3) is 0 Å². The summed E-state index contributed by atoms with van der Waals surface area (Å²) in [7, 11) is 0. The lowest BCUT2D eigenvalue weighted by molar-refractivity contribution is 1.51. The number of benzene rings is 1. The van der Waals surface area contributed by atoms with E-state index in [1.165, 1.54) is 0 Å². The predicted molar refractivity (Wildman–Crippen MR) is 62.1 cm³/mol. The standard InChI is InChI=1S/C9H9N.C2H5Cl/c1-3-8-6-4-5-7-9(8)10-2;1-2-3/h3-7H,1-2H2;2H2,1H3. The first kappa shape index (κ1) is 11.9. The molecule has 1 rings (SSSR count). The van der Waals surface area contributed by atoms with E-state index in [0.717, 1.165) is 17.1 Å². The summed E-state index contributed by atoms with van der Waals surface area (Å²) in [4.78, 5) is 3.82. The van der Waals surface area contributed by atoms with Crippen LogP contribution in [0, 0.1) is 0 Å². The van der Waals surface area contributed by atoms with Crippen LogP contribution in [0.1, 0.15) is 12.5 Å². The summed E-state index contributed by atoms with van der Waals surface area (Å²) in [5.41, 5.74) is 1.91. The number of nitrogens with zero attached hydrogens (tertiary/aromatic N) is 1. The lowest BCUT2D eigenvalue weighted by Crippen LogP contribution is -1.70. The highest BCUT2D eigenvalue weighted by Crippen LogP contribution is 2.17. The van der Waals surface area contributed by atoms with Gasteiger partial charge in [0, 0.05) is 5.88 Å². The molecule has 0 aliphatic heterocycles. The summed E-state index contributed by atoms with van der Waals surface area (Å²) >= 11 is 5.00. The molecule has 0 saturated carbocycles. The smallest absolute Gasteiger partial charge is 0.0694 e. The molecule has 0 unspecified atom stereocenters. The topological polar surface area (TPSA) is 12.4 Å². The molecule has 13 heavy (non-hydrogen) atoms. The van der Waals surface area contributed by atoms with Crippen LogP contribution in [-0.4, -0.2) is 12.6 Å². The zero-order chi connectivity index (χ0) is 10.1. The van der Waals surface area contributed by atoms with Crippen LogP contribution >= 0.6 is 11.6 Å². The number of rotatable bonds is 2. The van der Waals surface area contributed by atoms with Gasteiger partial charge in [-0.3, -0.25) is 4.99 Å². The fourth-order valence-corrected chi connectivity index (χ4v) is 0.804. The van der Waals surface area contributed by atoms with Gasteiger partial charge in [0.1, 0.15) is 0 Å². The fourth-order valence-electron chi connectivity index (χ4n) is 0.804. The Hall–Kier alpha value is -1.08. The van der Waals surface area contributed by atoms with Gasteiger partial charge in [-0.25, -0.2) is 0 Å². The molecule has 0 aromatic heterocycles. The minimum Gasteiger partial charge on any atom is -0.264 e. The van der Waals surface area contributed by atoms with Crippen LogP contribution < -0.4 is 0 Å². The monoisotopic (exact) mass is 195 g/mol. The quantitative estimate of drug-likeness (QED) is 0.501. The Labute approximate surface area is 84.8 Å². The van der Waals surface area contributed by atoms with Crippen LogP contribution in [0.25, 0.3) is 6.08 Å². The summed E-state index contributed by atoms with van der Waals surface area (Å²) in [6, 6.07) is 7.74. The molecule has 0 radical (unpaired) electrons. The molecule has 0 fully saturated rings. The van der Waals surface area contributed by atoms with E-state index >= 15 is 0 Å². The second-order valence-electron chi connectivity index (χ2n) is 2.19. The van der Waals surface area contributed by atoms with Crippen molar-refractivity contribution in [1.82, 2.24) is 0 Å². The molecule has 0 bridgehead atoms. The van der Waals surface area contributed by atoms with Crippen LogP contribution in [-0.2, 0) is 0 Å². The van der Waals surface area contributed by atoms with Crippen molar-refractivity contribution >= 4 is 30.1 Å². The van der Waals surface area contributed by atoms with Crippen molar-refractivity contribution in [2.24, 2.45) is 4.99 Å². The maximum absolute atomic E-state index is 5.00. The van der Waals surface area contributed by atoms with E-state index in [1.807, 2.05) is 31.2 Å². The maximum Gasteiger partial charge on any atom is 0.0694 e. The van der Waals surface area contributed by atoms with Crippen molar-refractivity contribution in [3.8, 4) is 0 Å². The Morgan fingerprint density at radius 2 is 2.00 bits per heavy atom. The van der Waals surface area contributed by atoms with E-state index in [4.69, 9.17) is 11.6 Å². The average Bonchev–Trinajstić information content (AvgIpc) is 2.19. The molecule has 0 saturated heterocycles. The summed E-state index contributed by atoms with van der Waals surface area (Å²) in [6.45, 7) is 8.98. The number of hydrogen-bond donors (Lipinski definition) is 0. The zero-order valence-corrected chi connectivity index (χ0v) is 8.59. The third-order valence-corrected chi connectivity index (χ3v) is 1.33. The molecular weight excluding hydrogens is 182 g/mol. The van der Waals surface area contributed by atoms with Crippen molar-refractivity contribution in [2.45, 2.75) is 6.92 Å². The molecule has 0 amide bonds. The molecule has 0 spiro atoms. The number of para-hydroxylation sites is 1. The van der Waals surface area contributed by atoms with Crippen molar-refractivity contribution < 1.29 is 0 Å². The van der Waals surface area contributed by atoms with Crippen molar-refractivity contribution in [2.75, 3.05) is 5.88 Å². The van der Waals surface area contributed by atoms with Crippen LogP contribution in [0.3, 0.4) is 0 Å². The zero-order valence-electron chi connectivity index (χ0n) is 7.83. The van der Waals surface area contributed by atoms with Gasteiger partial charge < -0.3 is 0 Å². The Morgan fingerprint density at radius 1 is 1.46 bits per heavy atom. The second-order valence-corrected chi connectivity index (χ2v) is 2.72. The van der Waals surface area contributed by atoms with Crippen LogP contribution in [0.2, 0.25) is 0 Å².